The molecule has 0 aliphatic heterocycles. The number of aromatic nitrogens is 3. The molecule has 2 aromatic heterocycles. The van der Waals surface area contributed by atoms with Gasteiger partial charge in [0.15, 0.2) is 5.65 Å². The summed E-state index contributed by atoms with van der Waals surface area (Å²) >= 11 is 0. The Morgan fingerprint density at radius 1 is 1.57 bits per heavy atom. The number of carboxylic acid groups (broad SMARTS) is 1. The van der Waals surface area contributed by atoms with E-state index in [0.717, 1.165) is 12.3 Å². The minimum Gasteiger partial charge on any atom is -0.478 e. The summed E-state index contributed by atoms with van der Waals surface area (Å²) in [6, 6.07) is 0.922. The third-order valence-corrected chi connectivity index (χ3v) is 1.87. The first-order valence-corrected chi connectivity index (χ1v) is 3.84. The lowest BCUT2D eigenvalue weighted by atomic mass is 10.2. The van der Waals surface area contributed by atoms with Gasteiger partial charge >= 0.3 is 5.97 Å². The summed E-state index contributed by atoms with van der Waals surface area (Å²) in [5.41, 5.74) is -0.0398. The van der Waals surface area contributed by atoms with Crippen LogP contribution >= 0.6 is 0 Å². The van der Waals surface area contributed by atoms with Crippen molar-refractivity contribution in [3.8, 4) is 0 Å². The van der Waals surface area contributed by atoms with Gasteiger partial charge in [0.25, 0.3) is 0 Å². The van der Waals surface area contributed by atoms with E-state index in [2.05, 4.69) is 10.2 Å². The van der Waals surface area contributed by atoms with E-state index >= 15 is 0 Å². The number of fused-ring (bicyclic) bond motifs is 1. The number of pyridine rings is 1. The summed E-state index contributed by atoms with van der Waals surface area (Å²) in [6.07, 6.45) is 1.15. The second-order valence-electron chi connectivity index (χ2n) is 2.82. The Labute approximate surface area is 77.8 Å². The Bertz CT molecular complexity index is 521. The maximum Gasteiger partial charge on any atom is 0.339 e. The van der Waals surface area contributed by atoms with Crippen molar-refractivity contribution in [2.45, 2.75) is 6.92 Å². The first kappa shape index (κ1) is 8.61. The van der Waals surface area contributed by atoms with Crippen LogP contribution in [0.25, 0.3) is 5.65 Å². The van der Waals surface area contributed by atoms with E-state index in [1.165, 1.54) is 4.40 Å². The van der Waals surface area contributed by atoms with Crippen molar-refractivity contribution in [1.82, 2.24) is 14.6 Å². The fourth-order valence-corrected chi connectivity index (χ4v) is 1.23. The second kappa shape index (κ2) is 2.76. The van der Waals surface area contributed by atoms with Crippen LogP contribution in [-0.2, 0) is 0 Å². The van der Waals surface area contributed by atoms with Crippen molar-refractivity contribution < 1.29 is 14.3 Å². The van der Waals surface area contributed by atoms with E-state index in [0.29, 0.717) is 5.82 Å². The number of rotatable bonds is 1. The molecule has 0 spiro atoms. The lowest BCUT2D eigenvalue weighted by Crippen LogP contribution is -2.02. The Morgan fingerprint density at radius 3 is 2.93 bits per heavy atom. The minimum absolute atomic E-state index is 0.149. The highest BCUT2D eigenvalue weighted by atomic mass is 19.1. The molecule has 0 radical (unpaired) electrons. The highest BCUT2D eigenvalue weighted by molar-refractivity contribution is 5.94. The summed E-state index contributed by atoms with van der Waals surface area (Å²) in [5.74, 6) is -1.40. The molecule has 0 fully saturated rings. The molecular weight excluding hydrogens is 189 g/mol. The molecule has 0 unspecified atom stereocenters. The van der Waals surface area contributed by atoms with Gasteiger partial charge in [-0.2, -0.15) is 0 Å². The molecule has 0 aromatic carbocycles. The molecule has 2 rings (SSSR count). The molecule has 1 N–H and O–H groups in total. The summed E-state index contributed by atoms with van der Waals surface area (Å²) in [7, 11) is 0. The van der Waals surface area contributed by atoms with Gasteiger partial charge in [0, 0.05) is 6.20 Å². The number of nitrogens with zero attached hydrogens (tertiary/aromatic N) is 3. The van der Waals surface area contributed by atoms with Crippen molar-refractivity contribution >= 4 is 11.6 Å². The standard InChI is InChI=1S/C8H6FN3O2/c1-4-10-11-7-6(8(13)14)2-5(9)3-12(4)7/h2-3H,1H3,(H,13,14). The predicted octanol–water partition coefficient (Wildman–Crippen LogP) is 0.875. The number of aryl methyl sites for hydroxylation is 1. The smallest absolute Gasteiger partial charge is 0.339 e. The molecule has 6 heteroatoms. The molecule has 0 aliphatic carbocycles. The topological polar surface area (TPSA) is 67.5 Å². The van der Waals surface area contributed by atoms with E-state index < -0.39 is 11.8 Å². The van der Waals surface area contributed by atoms with Gasteiger partial charge < -0.3 is 5.11 Å². The molecular formula is C8H6FN3O2. The quantitative estimate of drug-likeness (QED) is 0.733. The molecule has 0 saturated carbocycles. The van der Waals surface area contributed by atoms with Gasteiger partial charge in [-0.3, -0.25) is 4.40 Å². The second-order valence-corrected chi connectivity index (χ2v) is 2.82. The van der Waals surface area contributed by atoms with E-state index in [4.69, 9.17) is 5.11 Å². The predicted molar refractivity (Wildman–Crippen MR) is 44.6 cm³/mol. The fourth-order valence-electron chi connectivity index (χ4n) is 1.23. The first-order chi connectivity index (χ1) is 6.59. The monoisotopic (exact) mass is 195 g/mol. The normalized spacial score (nSPS) is 10.7. The van der Waals surface area contributed by atoms with Crippen LogP contribution in [0.15, 0.2) is 12.3 Å². The van der Waals surface area contributed by atoms with Gasteiger partial charge in [0.05, 0.1) is 0 Å². The SMILES string of the molecule is Cc1nnc2c(C(=O)O)cc(F)cn12. The van der Waals surface area contributed by atoms with Gasteiger partial charge in [-0.05, 0) is 13.0 Å². The summed E-state index contributed by atoms with van der Waals surface area (Å²) in [4.78, 5) is 10.7. The molecule has 0 atom stereocenters. The molecule has 14 heavy (non-hydrogen) atoms. The van der Waals surface area contributed by atoms with Gasteiger partial charge in [-0.1, -0.05) is 0 Å². The average Bonchev–Trinajstić information content (AvgIpc) is 2.47. The molecule has 2 aromatic rings. The summed E-state index contributed by atoms with van der Waals surface area (Å²) in [5, 5.41) is 16.1. The van der Waals surface area contributed by atoms with Crippen molar-refractivity contribution in [2.75, 3.05) is 0 Å². The van der Waals surface area contributed by atoms with Crippen LogP contribution in [0, 0.1) is 12.7 Å². The molecule has 0 bridgehead atoms. The highest BCUT2D eigenvalue weighted by Crippen LogP contribution is 2.12. The number of aromatic carboxylic acids is 1. The summed E-state index contributed by atoms with van der Waals surface area (Å²) in [6.45, 7) is 1.62. The fraction of sp³-hybridized carbons (Fsp3) is 0.125. The maximum atomic E-state index is 13.0. The Kier molecular flexibility index (Phi) is 1.70. The van der Waals surface area contributed by atoms with Crippen LogP contribution in [0.1, 0.15) is 16.2 Å². The number of halogens is 1. The molecule has 5 nitrogen and oxygen atoms in total. The Balaban J connectivity index is 2.88. The third kappa shape index (κ3) is 1.12. The average molecular weight is 195 g/mol. The molecule has 2 heterocycles. The zero-order chi connectivity index (χ0) is 10.3. The van der Waals surface area contributed by atoms with Crippen LogP contribution in [0.3, 0.4) is 0 Å². The van der Waals surface area contributed by atoms with Gasteiger partial charge in [0.1, 0.15) is 17.2 Å². The van der Waals surface area contributed by atoms with Crippen molar-refractivity contribution in [3.63, 3.8) is 0 Å². The van der Waals surface area contributed by atoms with E-state index in [1.54, 1.807) is 6.92 Å². The van der Waals surface area contributed by atoms with Crippen LogP contribution in [0.5, 0.6) is 0 Å². The number of carbonyl (C=O) groups is 1. The minimum atomic E-state index is -1.22. The summed E-state index contributed by atoms with van der Waals surface area (Å²) < 4.78 is 14.3. The Hall–Kier alpha value is -1.98. The molecule has 0 saturated heterocycles. The van der Waals surface area contributed by atoms with Gasteiger partial charge in [0.2, 0.25) is 0 Å². The van der Waals surface area contributed by atoms with Crippen LogP contribution in [0.4, 0.5) is 4.39 Å². The third-order valence-electron chi connectivity index (χ3n) is 1.87. The van der Waals surface area contributed by atoms with Crippen LogP contribution in [0.2, 0.25) is 0 Å². The van der Waals surface area contributed by atoms with E-state index in [-0.39, 0.29) is 11.2 Å². The lowest BCUT2D eigenvalue weighted by Gasteiger charge is -1.98. The van der Waals surface area contributed by atoms with E-state index in [9.17, 15) is 9.18 Å². The Morgan fingerprint density at radius 2 is 2.29 bits per heavy atom. The maximum absolute atomic E-state index is 13.0. The van der Waals surface area contributed by atoms with Gasteiger partial charge in [-0.15, -0.1) is 10.2 Å². The number of hydrogen-bond donors (Lipinski definition) is 1. The first-order valence-electron chi connectivity index (χ1n) is 3.84. The molecule has 72 valence electrons. The highest BCUT2D eigenvalue weighted by Gasteiger charge is 2.14. The van der Waals surface area contributed by atoms with Crippen molar-refractivity contribution in [1.29, 1.82) is 0 Å². The zero-order valence-corrected chi connectivity index (χ0v) is 7.23. The number of hydrogen-bond acceptors (Lipinski definition) is 3. The van der Waals surface area contributed by atoms with Crippen LogP contribution in [-0.4, -0.2) is 25.7 Å². The van der Waals surface area contributed by atoms with Crippen molar-refractivity contribution in [2.24, 2.45) is 0 Å². The molecule has 0 amide bonds. The lowest BCUT2D eigenvalue weighted by molar-refractivity contribution is 0.0697. The van der Waals surface area contributed by atoms with Gasteiger partial charge in [-0.25, -0.2) is 9.18 Å². The molecule has 0 aliphatic rings. The zero-order valence-electron chi connectivity index (χ0n) is 7.23. The van der Waals surface area contributed by atoms with Crippen molar-refractivity contribution in [3.05, 3.63) is 29.5 Å². The van der Waals surface area contributed by atoms with E-state index in [1.807, 2.05) is 0 Å². The number of carboxylic acids is 1. The largest absolute Gasteiger partial charge is 0.478 e. The van der Waals surface area contributed by atoms with Crippen LogP contribution < -0.4 is 0 Å².